The molecule has 1 aromatic heterocycles. The maximum absolute atomic E-state index is 12.3. The van der Waals surface area contributed by atoms with E-state index in [2.05, 4.69) is 5.32 Å². The Labute approximate surface area is 117 Å². The van der Waals surface area contributed by atoms with E-state index in [0.717, 1.165) is 5.39 Å². The topological polar surface area (TPSA) is 68.3 Å². The summed E-state index contributed by atoms with van der Waals surface area (Å²) in [6.07, 6.45) is 1.46. The number of thiocarbonyl (C=S) groups is 1. The van der Waals surface area contributed by atoms with Crippen molar-refractivity contribution in [2.75, 3.05) is 0 Å². The maximum Gasteiger partial charge on any atom is 0.255 e. The van der Waals surface area contributed by atoms with E-state index in [1.807, 2.05) is 38.1 Å². The third-order valence-corrected chi connectivity index (χ3v) is 3.24. The third kappa shape index (κ3) is 2.76. The van der Waals surface area contributed by atoms with Crippen LogP contribution in [0.15, 0.2) is 34.9 Å². The summed E-state index contributed by atoms with van der Waals surface area (Å²) in [6, 6.07) is 7.07. The molecule has 2 aromatic rings. The van der Waals surface area contributed by atoms with Crippen LogP contribution in [0.3, 0.4) is 0 Å². The number of fused-ring (bicyclic) bond motifs is 1. The molecule has 1 amide bonds. The molecule has 100 valence electrons. The zero-order valence-electron chi connectivity index (χ0n) is 10.8. The van der Waals surface area contributed by atoms with Crippen LogP contribution in [0.25, 0.3) is 11.0 Å². The molecule has 1 unspecified atom stereocenters. The van der Waals surface area contributed by atoms with Crippen LogP contribution in [-0.4, -0.2) is 16.9 Å². The third-order valence-electron chi connectivity index (χ3n) is 2.99. The summed E-state index contributed by atoms with van der Waals surface area (Å²) in [5.41, 5.74) is 6.83. The molecular formula is C14H16N2O2S. The van der Waals surface area contributed by atoms with E-state index in [-0.39, 0.29) is 22.9 Å². The molecule has 4 nitrogen and oxygen atoms in total. The Kier molecular flexibility index (Phi) is 3.85. The smallest absolute Gasteiger partial charge is 0.255 e. The molecular weight excluding hydrogens is 260 g/mol. The average Bonchev–Trinajstić information content (AvgIpc) is 2.78. The molecule has 0 fully saturated rings. The summed E-state index contributed by atoms with van der Waals surface area (Å²) in [5.74, 6) is -0.0870. The molecule has 2 rings (SSSR count). The zero-order valence-corrected chi connectivity index (χ0v) is 11.7. The number of hydrogen-bond acceptors (Lipinski definition) is 3. The number of para-hydroxylation sites is 1. The van der Waals surface area contributed by atoms with Gasteiger partial charge in [-0.05, 0) is 12.0 Å². The number of rotatable bonds is 4. The lowest BCUT2D eigenvalue weighted by molar-refractivity contribution is 0.0940. The number of carbonyl (C=O) groups is 1. The van der Waals surface area contributed by atoms with Gasteiger partial charge in [0.25, 0.3) is 5.91 Å². The van der Waals surface area contributed by atoms with E-state index >= 15 is 0 Å². The van der Waals surface area contributed by atoms with Crippen LogP contribution in [0.4, 0.5) is 0 Å². The van der Waals surface area contributed by atoms with Crippen LogP contribution in [-0.2, 0) is 0 Å². The minimum atomic E-state index is -0.323. The molecule has 0 spiro atoms. The quantitative estimate of drug-likeness (QED) is 0.842. The summed E-state index contributed by atoms with van der Waals surface area (Å²) in [7, 11) is 0. The fourth-order valence-electron chi connectivity index (χ4n) is 1.94. The lowest BCUT2D eigenvalue weighted by Gasteiger charge is -2.20. The maximum atomic E-state index is 12.3. The van der Waals surface area contributed by atoms with Crippen molar-refractivity contribution in [3.8, 4) is 0 Å². The first-order valence-corrected chi connectivity index (χ1v) is 6.48. The monoisotopic (exact) mass is 276 g/mol. The number of nitrogens with one attached hydrogen (secondary N) is 1. The highest BCUT2D eigenvalue weighted by Crippen LogP contribution is 2.20. The van der Waals surface area contributed by atoms with Crippen LogP contribution >= 0.6 is 12.2 Å². The van der Waals surface area contributed by atoms with Gasteiger partial charge in [-0.25, -0.2) is 0 Å². The summed E-state index contributed by atoms with van der Waals surface area (Å²) < 4.78 is 5.35. The second kappa shape index (κ2) is 5.40. The molecule has 0 radical (unpaired) electrons. The summed E-state index contributed by atoms with van der Waals surface area (Å²) in [4.78, 5) is 12.5. The van der Waals surface area contributed by atoms with E-state index in [9.17, 15) is 4.79 Å². The first kappa shape index (κ1) is 13.5. The molecule has 0 aliphatic carbocycles. The molecule has 1 heterocycles. The highest BCUT2D eigenvalue weighted by molar-refractivity contribution is 7.80. The van der Waals surface area contributed by atoms with Crippen molar-refractivity contribution in [2.24, 2.45) is 11.7 Å². The van der Waals surface area contributed by atoms with E-state index < -0.39 is 0 Å². The largest absolute Gasteiger partial charge is 0.463 e. The van der Waals surface area contributed by atoms with Crippen molar-refractivity contribution in [3.63, 3.8) is 0 Å². The number of nitrogens with two attached hydrogens (primary N) is 1. The van der Waals surface area contributed by atoms with Gasteiger partial charge in [0.1, 0.15) is 11.8 Å². The Morgan fingerprint density at radius 3 is 2.68 bits per heavy atom. The summed E-state index contributed by atoms with van der Waals surface area (Å²) >= 11 is 4.98. The Morgan fingerprint density at radius 2 is 2.05 bits per heavy atom. The van der Waals surface area contributed by atoms with Crippen molar-refractivity contribution in [1.29, 1.82) is 0 Å². The number of carbonyl (C=O) groups excluding carboxylic acids is 1. The van der Waals surface area contributed by atoms with E-state index in [1.165, 1.54) is 6.26 Å². The van der Waals surface area contributed by atoms with Crippen molar-refractivity contribution in [2.45, 2.75) is 19.9 Å². The second-order valence-electron chi connectivity index (χ2n) is 4.74. The minimum absolute atomic E-state index is 0.139. The van der Waals surface area contributed by atoms with Crippen LogP contribution < -0.4 is 11.1 Å². The molecule has 0 saturated carbocycles. The molecule has 3 N–H and O–H groups in total. The van der Waals surface area contributed by atoms with Crippen LogP contribution in [0.2, 0.25) is 0 Å². The number of benzene rings is 1. The number of furan rings is 1. The first-order chi connectivity index (χ1) is 9.00. The molecule has 19 heavy (non-hydrogen) atoms. The number of hydrogen-bond donors (Lipinski definition) is 2. The zero-order chi connectivity index (χ0) is 14.0. The molecule has 0 saturated heterocycles. The van der Waals surface area contributed by atoms with Gasteiger partial charge in [-0.15, -0.1) is 0 Å². The van der Waals surface area contributed by atoms with E-state index in [4.69, 9.17) is 22.4 Å². The van der Waals surface area contributed by atoms with E-state index in [0.29, 0.717) is 11.1 Å². The van der Waals surface area contributed by atoms with Gasteiger partial charge in [-0.2, -0.15) is 0 Å². The predicted molar refractivity (Wildman–Crippen MR) is 79.1 cm³/mol. The average molecular weight is 276 g/mol. The van der Waals surface area contributed by atoms with Crippen LogP contribution in [0.5, 0.6) is 0 Å². The molecule has 0 aliphatic heterocycles. The highest BCUT2D eigenvalue weighted by atomic mass is 32.1. The standard InChI is InChI=1S/C14H16N2O2S/c1-8(2)12(13(15)19)16-14(17)10-7-18-11-6-4-3-5-9(10)11/h3-8,12H,1-2H3,(H2,15,19)(H,16,17). The minimum Gasteiger partial charge on any atom is -0.463 e. The number of amides is 1. The molecule has 0 bridgehead atoms. The van der Waals surface area contributed by atoms with Crippen molar-refractivity contribution in [1.82, 2.24) is 5.32 Å². The Morgan fingerprint density at radius 1 is 1.37 bits per heavy atom. The van der Waals surface area contributed by atoms with Gasteiger partial charge < -0.3 is 15.5 Å². The summed E-state index contributed by atoms with van der Waals surface area (Å²) in [5, 5.41) is 3.63. The fourth-order valence-corrected chi connectivity index (χ4v) is 2.27. The predicted octanol–water partition coefficient (Wildman–Crippen LogP) is 2.47. The normalized spacial score (nSPS) is 12.6. The van der Waals surface area contributed by atoms with Gasteiger partial charge in [0.15, 0.2) is 0 Å². The van der Waals surface area contributed by atoms with Gasteiger partial charge in [-0.1, -0.05) is 44.3 Å². The van der Waals surface area contributed by atoms with Crippen LogP contribution in [0, 0.1) is 5.92 Å². The first-order valence-electron chi connectivity index (χ1n) is 6.07. The fraction of sp³-hybridized carbons (Fsp3) is 0.286. The van der Waals surface area contributed by atoms with Gasteiger partial charge in [-0.3, -0.25) is 4.79 Å². The van der Waals surface area contributed by atoms with Crippen molar-refractivity contribution in [3.05, 3.63) is 36.1 Å². The van der Waals surface area contributed by atoms with E-state index in [1.54, 1.807) is 0 Å². The van der Waals surface area contributed by atoms with Gasteiger partial charge in [0.2, 0.25) is 0 Å². The van der Waals surface area contributed by atoms with Gasteiger partial charge >= 0.3 is 0 Å². The molecule has 1 aromatic carbocycles. The lowest BCUT2D eigenvalue weighted by Crippen LogP contribution is -2.46. The SMILES string of the molecule is CC(C)C(NC(=O)c1coc2ccccc12)C(N)=S. The van der Waals surface area contributed by atoms with Gasteiger partial charge in [0, 0.05) is 5.39 Å². The van der Waals surface area contributed by atoms with Crippen molar-refractivity contribution < 1.29 is 9.21 Å². The van der Waals surface area contributed by atoms with Gasteiger partial charge in [0.05, 0.1) is 16.6 Å². The second-order valence-corrected chi connectivity index (χ2v) is 5.21. The Bertz CT molecular complexity index is 619. The molecule has 0 aliphatic rings. The summed E-state index contributed by atoms with van der Waals surface area (Å²) in [6.45, 7) is 3.91. The Balaban J connectivity index is 2.27. The Hall–Kier alpha value is -1.88. The van der Waals surface area contributed by atoms with Crippen LogP contribution in [0.1, 0.15) is 24.2 Å². The molecule has 5 heteroatoms. The molecule has 1 atom stereocenters. The highest BCUT2D eigenvalue weighted by Gasteiger charge is 2.21. The van der Waals surface area contributed by atoms with Crippen molar-refractivity contribution >= 4 is 34.1 Å². The lowest BCUT2D eigenvalue weighted by atomic mass is 10.0.